The monoisotopic (exact) mass is 329 g/mol. The van der Waals surface area contributed by atoms with Crippen LogP contribution in [0.15, 0.2) is 55.8 Å². The number of aryl methyl sites for hydroxylation is 1. The molecule has 0 aliphatic heterocycles. The van der Waals surface area contributed by atoms with E-state index < -0.39 is 15.8 Å². The van der Waals surface area contributed by atoms with Crippen molar-refractivity contribution in [2.24, 2.45) is 4.40 Å². The van der Waals surface area contributed by atoms with Crippen LogP contribution < -0.4 is 0 Å². The Bertz CT molecular complexity index is 777. The van der Waals surface area contributed by atoms with Gasteiger partial charge in [0.25, 0.3) is 10.0 Å². The molecule has 0 amide bonds. The largest absolute Gasteiger partial charge is 0.288 e. The van der Waals surface area contributed by atoms with E-state index in [-0.39, 0.29) is 20.7 Å². The number of carbonyl (C=O) groups is 1. The fourth-order valence-electron chi connectivity index (χ4n) is 1.55. The third-order valence-electron chi connectivity index (χ3n) is 2.51. The van der Waals surface area contributed by atoms with Gasteiger partial charge >= 0.3 is 0 Å². The zero-order chi connectivity index (χ0) is 14.9. The Morgan fingerprint density at radius 2 is 1.80 bits per heavy atom. The van der Waals surface area contributed by atoms with Gasteiger partial charge in [-0.25, -0.2) is 0 Å². The maximum Gasteiger partial charge on any atom is 0.282 e. The molecule has 1 aliphatic carbocycles. The van der Waals surface area contributed by atoms with Gasteiger partial charge in [-0.05, 0) is 30.7 Å². The number of hydrogen-bond acceptors (Lipinski definition) is 3. The summed E-state index contributed by atoms with van der Waals surface area (Å²) in [4.78, 5) is 11.3. The van der Waals surface area contributed by atoms with E-state index >= 15 is 0 Å². The summed E-state index contributed by atoms with van der Waals surface area (Å²) in [6.45, 7) is 1.77. The second-order valence-electron chi connectivity index (χ2n) is 4.12. The maximum absolute atomic E-state index is 12.2. The van der Waals surface area contributed by atoms with Crippen LogP contribution in [-0.2, 0) is 14.8 Å². The summed E-state index contributed by atoms with van der Waals surface area (Å²) < 4.78 is 27.9. The van der Waals surface area contributed by atoms with Crippen LogP contribution in [0.4, 0.5) is 0 Å². The molecule has 0 N–H and O–H groups in total. The molecule has 1 aromatic carbocycles. The normalized spacial score (nSPS) is 17.9. The van der Waals surface area contributed by atoms with Gasteiger partial charge in [0.1, 0.15) is 0 Å². The van der Waals surface area contributed by atoms with Crippen molar-refractivity contribution in [3.63, 3.8) is 0 Å². The second kappa shape index (κ2) is 5.52. The highest BCUT2D eigenvalue weighted by Crippen LogP contribution is 2.21. The molecular formula is C13H9Cl2NO3S. The summed E-state index contributed by atoms with van der Waals surface area (Å²) in [5.74, 6) is -0.483. The van der Waals surface area contributed by atoms with Gasteiger partial charge in [-0.2, -0.15) is 12.8 Å². The minimum absolute atomic E-state index is 0.0517. The van der Waals surface area contributed by atoms with Gasteiger partial charge in [0.15, 0.2) is 5.78 Å². The lowest BCUT2D eigenvalue weighted by atomic mass is 10.1. The van der Waals surface area contributed by atoms with Crippen molar-refractivity contribution in [3.05, 3.63) is 52.0 Å². The minimum Gasteiger partial charge on any atom is -0.288 e. The molecule has 2 rings (SSSR count). The van der Waals surface area contributed by atoms with Gasteiger partial charge in [-0.15, -0.1) is 0 Å². The van der Waals surface area contributed by atoms with Crippen molar-refractivity contribution in [1.82, 2.24) is 0 Å². The molecule has 0 fully saturated rings. The Morgan fingerprint density at radius 3 is 2.45 bits per heavy atom. The Hall–Kier alpha value is -1.43. The van der Waals surface area contributed by atoms with Crippen LogP contribution in [0.5, 0.6) is 0 Å². The molecule has 0 spiro atoms. The second-order valence-corrected chi connectivity index (χ2v) is 6.54. The molecule has 0 unspecified atom stereocenters. The van der Waals surface area contributed by atoms with Gasteiger partial charge in [0, 0.05) is 6.08 Å². The van der Waals surface area contributed by atoms with Crippen molar-refractivity contribution < 1.29 is 13.2 Å². The number of nitrogens with zero attached hydrogens (tertiary/aromatic N) is 1. The molecule has 0 aromatic heterocycles. The highest BCUT2D eigenvalue weighted by molar-refractivity contribution is 7.90. The topological polar surface area (TPSA) is 63.6 Å². The zero-order valence-electron chi connectivity index (χ0n) is 10.3. The number of carbonyl (C=O) groups excluding carboxylic acids is 1. The number of rotatable bonds is 2. The average Bonchev–Trinajstić information content (AvgIpc) is 2.36. The fourth-order valence-corrected chi connectivity index (χ4v) is 3.05. The third kappa shape index (κ3) is 3.17. The molecule has 0 saturated heterocycles. The molecule has 7 heteroatoms. The summed E-state index contributed by atoms with van der Waals surface area (Å²) >= 11 is 11.5. The van der Waals surface area contributed by atoms with E-state index in [1.54, 1.807) is 19.1 Å². The van der Waals surface area contributed by atoms with E-state index in [9.17, 15) is 13.2 Å². The van der Waals surface area contributed by atoms with Crippen LogP contribution >= 0.6 is 23.2 Å². The molecule has 104 valence electrons. The number of allylic oxidation sites excluding steroid dienone is 4. The van der Waals surface area contributed by atoms with E-state index in [1.165, 1.54) is 12.1 Å². The van der Waals surface area contributed by atoms with Gasteiger partial charge in [-0.3, -0.25) is 4.79 Å². The predicted octanol–water partition coefficient (Wildman–Crippen LogP) is 2.95. The summed E-state index contributed by atoms with van der Waals surface area (Å²) in [7, 11) is -3.91. The van der Waals surface area contributed by atoms with Gasteiger partial charge in [-0.1, -0.05) is 35.3 Å². The lowest BCUT2D eigenvalue weighted by Gasteiger charge is -2.07. The fraction of sp³-hybridized carbons (Fsp3) is 0.0769. The van der Waals surface area contributed by atoms with Gasteiger partial charge in [0.2, 0.25) is 0 Å². The molecule has 0 atom stereocenters. The number of benzene rings is 1. The van der Waals surface area contributed by atoms with Gasteiger partial charge < -0.3 is 0 Å². The van der Waals surface area contributed by atoms with E-state index in [1.807, 2.05) is 0 Å². The molecule has 1 aliphatic rings. The summed E-state index contributed by atoms with van der Waals surface area (Å²) in [6.07, 6.45) is 2.17. The zero-order valence-corrected chi connectivity index (χ0v) is 12.6. The van der Waals surface area contributed by atoms with E-state index in [4.69, 9.17) is 23.2 Å². The first-order chi connectivity index (χ1) is 9.29. The Kier molecular flexibility index (Phi) is 4.13. The molecule has 0 saturated carbocycles. The van der Waals surface area contributed by atoms with Crippen LogP contribution in [0.3, 0.4) is 0 Å². The standard InChI is InChI=1S/C13H9Cl2NO3S/c1-8-3-2-4-9(5-8)20(18,19)16-12-6-11(15)13(17)7-10(12)14/h2-7H,1H3/b16-12+. The van der Waals surface area contributed by atoms with Gasteiger partial charge in [0.05, 0.1) is 20.7 Å². The third-order valence-corrected chi connectivity index (χ3v) is 4.39. The van der Waals surface area contributed by atoms with Crippen LogP contribution in [0.25, 0.3) is 0 Å². The van der Waals surface area contributed by atoms with Crippen LogP contribution in [0, 0.1) is 6.92 Å². The molecule has 0 radical (unpaired) electrons. The molecule has 20 heavy (non-hydrogen) atoms. The minimum atomic E-state index is -3.91. The number of halogens is 2. The number of hydrogen-bond donors (Lipinski definition) is 0. The molecule has 1 aromatic rings. The van der Waals surface area contributed by atoms with Crippen molar-refractivity contribution in [3.8, 4) is 0 Å². The summed E-state index contributed by atoms with van der Waals surface area (Å²) in [5.41, 5.74) is 0.734. The molecule has 4 nitrogen and oxygen atoms in total. The van der Waals surface area contributed by atoms with Crippen molar-refractivity contribution in [1.29, 1.82) is 0 Å². The lowest BCUT2D eigenvalue weighted by Crippen LogP contribution is -2.10. The Balaban J connectivity index is 2.49. The Labute approximate surface area is 126 Å². The first-order valence-electron chi connectivity index (χ1n) is 5.50. The number of ketones is 1. The summed E-state index contributed by atoms with van der Waals surface area (Å²) in [6, 6.07) is 6.32. The van der Waals surface area contributed by atoms with E-state index in [0.29, 0.717) is 0 Å². The predicted molar refractivity (Wildman–Crippen MR) is 78.7 cm³/mol. The Morgan fingerprint density at radius 1 is 1.10 bits per heavy atom. The molecule has 0 bridgehead atoms. The summed E-state index contributed by atoms with van der Waals surface area (Å²) in [5, 5.41) is -0.191. The SMILES string of the molecule is Cc1cccc(S(=O)(=O)/N=C2\C=C(Cl)C(=O)C=C2Cl)c1. The van der Waals surface area contributed by atoms with Crippen LogP contribution in [-0.4, -0.2) is 19.9 Å². The maximum atomic E-state index is 12.2. The first-order valence-corrected chi connectivity index (χ1v) is 7.70. The molecular weight excluding hydrogens is 321 g/mol. The van der Waals surface area contributed by atoms with Crippen LogP contribution in [0.2, 0.25) is 0 Å². The number of sulfonamides is 1. The smallest absolute Gasteiger partial charge is 0.282 e. The lowest BCUT2D eigenvalue weighted by molar-refractivity contribution is -0.110. The highest BCUT2D eigenvalue weighted by Gasteiger charge is 2.20. The van der Waals surface area contributed by atoms with E-state index in [2.05, 4.69) is 4.40 Å². The first kappa shape index (κ1) is 15.0. The quantitative estimate of drug-likeness (QED) is 0.783. The van der Waals surface area contributed by atoms with Crippen LogP contribution in [0.1, 0.15) is 5.56 Å². The van der Waals surface area contributed by atoms with E-state index in [0.717, 1.165) is 17.7 Å². The van der Waals surface area contributed by atoms with Crippen molar-refractivity contribution in [2.75, 3.05) is 0 Å². The molecule has 0 heterocycles. The average molecular weight is 330 g/mol. The van der Waals surface area contributed by atoms with Crippen molar-refractivity contribution >= 4 is 44.7 Å². The highest BCUT2D eigenvalue weighted by atomic mass is 35.5. The van der Waals surface area contributed by atoms with Crippen molar-refractivity contribution in [2.45, 2.75) is 11.8 Å².